The van der Waals surface area contributed by atoms with Crippen molar-refractivity contribution in [3.8, 4) is 17.1 Å². The van der Waals surface area contributed by atoms with Crippen LogP contribution in [0.25, 0.3) is 11.4 Å². The highest BCUT2D eigenvalue weighted by Gasteiger charge is 2.56. The minimum Gasteiger partial charge on any atom is -0.508 e. The van der Waals surface area contributed by atoms with E-state index in [2.05, 4.69) is 25.9 Å². The molecule has 10 nitrogen and oxygen atoms in total. The lowest BCUT2D eigenvalue weighted by Crippen LogP contribution is -2.50. The molecule has 1 aromatic heterocycles. The Hall–Kier alpha value is -3.21. The maximum absolute atomic E-state index is 13.2. The number of nitrogens with one attached hydrogen (secondary N) is 2. The largest absolute Gasteiger partial charge is 0.508 e. The molecule has 2 aliphatic rings. The maximum atomic E-state index is 13.2. The summed E-state index contributed by atoms with van der Waals surface area (Å²) in [7, 11) is 0. The van der Waals surface area contributed by atoms with E-state index in [9.17, 15) is 14.7 Å². The van der Waals surface area contributed by atoms with Crippen LogP contribution in [0.4, 0.5) is 0 Å². The van der Waals surface area contributed by atoms with E-state index in [1.807, 2.05) is 0 Å². The summed E-state index contributed by atoms with van der Waals surface area (Å²) in [6.45, 7) is 0.202. The Morgan fingerprint density at radius 3 is 2.71 bits per heavy atom. The van der Waals surface area contributed by atoms with Crippen molar-refractivity contribution in [3.63, 3.8) is 0 Å². The number of nitrogens with two attached hydrogens (primary N) is 1. The highest BCUT2D eigenvalue weighted by Crippen LogP contribution is 2.48. The van der Waals surface area contributed by atoms with Crippen molar-refractivity contribution in [1.82, 2.24) is 30.8 Å². The van der Waals surface area contributed by atoms with Gasteiger partial charge in [-0.2, -0.15) is 0 Å². The van der Waals surface area contributed by atoms with Gasteiger partial charge in [-0.05, 0) is 70.6 Å². The third-order valence-corrected chi connectivity index (χ3v) is 6.54. The summed E-state index contributed by atoms with van der Waals surface area (Å²) in [6, 6.07) is 10.0. The summed E-state index contributed by atoms with van der Waals surface area (Å²) in [6.07, 6.45) is 1.49. The van der Waals surface area contributed by atoms with Crippen LogP contribution in [0.5, 0.6) is 5.75 Å². The Labute approximate surface area is 206 Å². The van der Waals surface area contributed by atoms with Crippen LogP contribution >= 0.6 is 24.0 Å². The number of nitrogens with zero attached hydrogens (tertiary/aromatic N) is 4. The van der Waals surface area contributed by atoms with E-state index in [1.54, 1.807) is 35.2 Å². The molecule has 178 valence electrons. The van der Waals surface area contributed by atoms with Crippen LogP contribution in [0, 0.1) is 5.92 Å². The van der Waals surface area contributed by atoms with Crippen LogP contribution in [0.1, 0.15) is 30.0 Å². The number of hydrogen-bond donors (Lipinski definition) is 4. The molecule has 5 N–H and O–H groups in total. The van der Waals surface area contributed by atoms with E-state index in [0.717, 1.165) is 17.5 Å². The summed E-state index contributed by atoms with van der Waals surface area (Å²) in [5.74, 6) is 0.353. The number of fused-ring (bicyclic) bond motifs is 1. The van der Waals surface area contributed by atoms with Crippen LogP contribution in [0.15, 0.2) is 42.5 Å². The highest BCUT2D eigenvalue weighted by atomic mass is 35.5. The monoisotopic (exact) mass is 503 g/mol. The average molecular weight is 504 g/mol. The first-order valence-corrected chi connectivity index (χ1v) is 11.0. The predicted octanol–water partition coefficient (Wildman–Crippen LogP) is 1.95. The second-order valence-corrected chi connectivity index (χ2v) is 8.83. The molecule has 4 atom stereocenters. The number of tetrazole rings is 1. The summed E-state index contributed by atoms with van der Waals surface area (Å²) >= 11 is 6.16. The molecule has 1 saturated heterocycles. The summed E-state index contributed by atoms with van der Waals surface area (Å²) < 4.78 is 0. The molecule has 2 fully saturated rings. The fraction of sp³-hybridized carbons (Fsp3) is 0.318. The van der Waals surface area contributed by atoms with Crippen LogP contribution < -0.4 is 11.1 Å². The number of amides is 2. The third kappa shape index (κ3) is 4.56. The van der Waals surface area contributed by atoms with Gasteiger partial charge in [0.15, 0.2) is 5.82 Å². The molecule has 34 heavy (non-hydrogen) atoms. The first-order valence-electron chi connectivity index (χ1n) is 10.6. The van der Waals surface area contributed by atoms with Gasteiger partial charge < -0.3 is 21.1 Å². The number of piperidine rings is 1. The Morgan fingerprint density at radius 1 is 1.24 bits per heavy atom. The van der Waals surface area contributed by atoms with Gasteiger partial charge in [0.2, 0.25) is 11.8 Å². The average Bonchev–Trinajstić information content (AvgIpc) is 3.21. The number of likely N-dealkylation sites (tertiary alicyclic amines) is 1. The lowest BCUT2D eigenvalue weighted by atomic mass is 10.0. The number of benzene rings is 2. The summed E-state index contributed by atoms with van der Waals surface area (Å²) in [5.41, 5.74) is 8.28. The molecule has 0 spiro atoms. The van der Waals surface area contributed by atoms with Crippen molar-refractivity contribution < 1.29 is 14.7 Å². The van der Waals surface area contributed by atoms with Crippen LogP contribution in [0.2, 0.25) is 5.02 Å². The zero-order valence-electron chi connectivity index (χ0n) is 17.9. The van der Waals surface area contributed by atoms with Gasteiger partial charge in [0, 0.05) is 23.2 Å². The minimum atomic E-state index is -0.904. The molecule has 2 heterocycles. The number of phenolic OH excluding ortho intramolecular Hbond substituents is 1. The maximum Gasteiger partial charge on any atom is 0.245 e. The van der Waals surface area contributed by atoms with Crippen LogP contribution in [0.3, 0.4) is 0 Å². The Bertz CT molecular complexity index is 1190. The Kier molecular flexibility index (Phi) is 6.74. The molecule has 5 rings (SSSR count). The van der Waals surface area contributed by atoms with Gasteiger partial charge in [0.05, 0.1) is 0 Å². The van der Waals surface area contributed by atoms with Gasteiger partial charge in [0.1, 0.15) is 17.8 Å². The fourth-order valence-electron chi connectivity index (χ4n) is 4.51. The second kappa shape index (κ2) is 9.57. The number of rotatable bonds is 6. The molecule has 1 aliphatic carbocycles. The second-order valence-electron chi connectivity index (χ2n) is 8.40. The summed E-state index contributed by atoms with van der Waals surface area (Å²) in [5, 5.41) is 26.8. The summed E-state index contributed by atoms with van der Waals surface area (Å²) in [4.78, 5) is 28.0. The molecule has 3 aromatic rings. The third-order valence-electron chi connectivity index (χ3n) is 6.30. The standard InChI is InChI=1S/C22H22ClN7O3.ClH/c23-14-3-6-16(20-26-28-29-27-20)13(7-14)10-25-21(32)18-9-12-8-17(12)30(18)22(33)19(24)11-1-4-15(31)5-2-11;/h1-7,12,17-19,31H,8-10,24H2,(H,25,32)(H,26,27,28,29);1H/t12-,17-,18-,19+;/m0./s1. The SMILES string of the molecule is Cl.N[C@@H](C(=O)N1[C@H](C(=O)NCc2cc(Cl)ccc2-c2nnn[nH]2)C[C@@H]2C[C@@H]21)c1ccc(O)cc1. The predicted molar refractivity (Wildman–Crippen MR) is 126 cm³/mol. The van der Waals surface area contributed by atoms with E-state index in [0.29, 0.717) is 28.7 Å². The smallest absolute Gasteiger partial charge is 0.245 e. The molecule has 2 amide bonds. The number of hydrogen-bond acceptors (Lipinski definition) is 7. The van der Waals surface area contributed by atoms with Crippen molar-refractivity contribution in [2.75, 3.05) is 0 Å². The van der Waals surface area contributed by atoms with Crippen LogP contribution in [-0.4, -0.2) is 54.5 Å². The van der Waals surface area contributed by atoms with Crippen LogP contribution in [-0.2, 0) is 16.1 Å². The van der Waals surface area contributed by atoms with Crippen molar-refractivity contribution in [1.29, 1.82) is 0 Å². The Morgan fingerprint density at radius 2 is 2.00 bits per heavy atom. The van der Waals surface area contributed by atoms with Crippen molar-refractivity contribution >= 4 is 35.8 Å². The van der Waals surface area contributed by atoms with Gasteiger partial charge in [0.25, 0.3) is 0 Å². The zero-order valence-corrected chi connectivity index (χ0v) is 19.5. The lowest BCUT2D eigenvalue weighted by molar-refractivity contribution is -0.140. The first-order chi connectivity index (χ1) is 15.9. The number of carbonyl (C=O) groups is 2. The molecule has 0 bridgehead atoms. The zero-order chi connectivity index (χ0) is 23.1. The highest BCUT2D eigenvalue weighted by molar-refractivity contribution is 6.30. The number of carbonyl (C=O) groups excluding carboxylic acids is 2. The molecule has 2 aromatic carbocycles. The van der Waals surface area contributed by atoms with E-state index in [1.165, 1.54) is 12.1 Å². The number of aromatic hydroxyl groups is 1. The quantitative estimate of drug-likeness (QED) is 0.401. The van der Waals surface area contributed by atoms with Gasteiger partial charge in [-0.1, -0.05) is 23.7 Å². The number of H-pyrrole nitrogens is 1. The number of halogens is 2. The van der Waals surface area contributed by atoms with E-state index in [-0.39, 0.29) is 42.6 Å². The molecular weight excluding hydrogens is 481 g/mol. The topological polar surface area (TPSA) is 150 Å². The van der Waals surface area contributed by atoms with Crippen molar-refractivity contribution in [2.45, 2.75) is 37.5 Å². The molecule has 1 saturated carbocycles. The van der Waals surface area contributed by atoms with Gasteiger partial charge >= 0.3 is 0 Å². The number of phenols is 1. The molecular formula is C22H23Cl2N7O3. The van der Waals surface area contributed by atoms with Crippen molar-refractivity contribution in [3.05, 3.63) is 58.6 Å². The fourth-order valence-corrected chi connectivity index (χ4v) is 4.70. The lowest BCUT2D eigenvalue weighted by Gasteiger charge is -2.29. The first kappa shape index (κ1) is 23.9. The van der Waals surface area contributed by atoms with E-state index < -0.39 is 12.1 Å². The van der Waals surface area contributed by atoms with E-state index >= 15 is 0 Å². The molecule has 0 unspecified atom stereocenters. The molecule has 0 radical (unpaired) electrons. The normalized spacial score (nSPS) is 21.4. The van der Waals surface area contributed by atoms with Gasteiger partial charge in [-0.25, -0.2) is 5.10 Å². The molecule has 12 heteroatoms. The Balaban J connectivity index is 0.00000274. The van der Waals surface area contributed by atoms with Gasteiger partial charge in [-0.15, -0.1) is 17.5 Å². The molecule has 1 aliphatic heterocycles. The minimum absolute atomic E-state index is 0. The number of aromatic nitrogens is 4. The van der Waals surface area contributed by atoms with Gasteiger partial charge in [-0.3, -0.25) is 9.59 Å². The number of aromatic amines is 1. The van der Waals surface area contributed by atoms with E-state index in [4.69, 9.17) is 17.3 Å². The van der Waals surface area contributed by atoms with Crippen molar-refractivity contribution in [2.24, 2.45) is 11.7 Å².